The number of hydrogen-bond acceptors (Lipinski definition) is 6. The molecule has 2 N–H and O–H groups in total. The molecule has 27 heavy (non-hydrogen) atoms. The summed E-state index contributed by atoms with van der Waals surface area (Å²) in [5.41, 5.74) is 7.29. The van der Waals surface area contributed by atoms with Crippen LogP contribution in [0, 0.1) is 0 Å². The minimum Gasteiger partial charge on any atom is -0.415 e. The number of nitrogens with two attached hydrogens (primary N) is 1. The second kappa shape index (κ2) is 7.87. The molecule has 0 aromatic heterocycles. The Balaban J connectivity index is 2.29. The van der Waals surface area contributed by atoms with Crippen molar-refractivity contribution >= 4 is 22.5 Å². The Labute approximate surface area is 167 Å². The molecule has 6 nitrogen and oxygen atoms in total. The van der Waals surface area contributed by atoms with E-state index in [1.54, 1.807) is 0 Å². The molecular weight excluding hydrogens is 376 g/mol. The average Bonchev–Trinajstić information content (AvgIpc) is 2.84. The van der Waals surface area contributed by atoms with E-state index in [9.17, 15) is 0 Å². The molecule has 1 saturated heterocycles. The van der Waals surface area contributed by atoms with Crippen LogP contribution < -0.4 is 5.73 Å². The van der Waals surface area contributed by atoms with Crippen LogP contribution in [0.25, 0.3) is 0 Å². The van der Waals surface area contributed by atoms with Crippen molar-refractivity contribution in [3.63, 3.8) is 0 Å². The fourth-order valence-corrected chi connectivity index (χ4v) is 5.25. The van der Waals surface area contributed by atoms with Gasteiger partial charge in [0, 0.05) is 0 Å². The van der Waals surface area contributed by atoms with Crippen LogP contribution in [0.1, 0.15) is 41.5 Å². The minimum atomic E-state index is -1.92. The normalized spacial score (nSPS) is 31.3. The molecule has 8 heteroatoms. The van der Waals surface area contributed by atoms with Gasteiger partial charge in [-0.25, -0.2) is 0 Å². The van der Waals surface area contributed by atoms with Gasteiger partial charge in [0.1, 0.15) is 24.1 Å². The highest BCUT2D eigenvalue weighted by Crippen LogP contribution is 2.38. The van der Waals surface area contributed by atoms with Crippen molar-refractivity contribution in [3.8, 4) is 0 Å². The van der Waals surface area contributed by atoms with Gasteiger partial charge in [0.05, 0.1) is 12.7 Å². The van der Waals surface area contributed by atoms with Gasteiger partial charge in [0.15, 0.2) is 22.4 Å². The van der Waals surface area contributed by atoms with Crippen LogP contribution in [-0.4, -0.2) is 59.2 Å². The molecule has 1 fully saturated rings. The smallest absolute Gasteiger partial charge is 0.189 e. The first-order valence-corrected chi connectivity index (χ1v) is 16.1. The number of aliphatic imine (C=N–C) groups is 1. The molecule has 2 aliphatic heterocycles. The third-order valence-electron chi connectivity index (χ3n) is 6.29. The zero-order valence-corrected chi connectivity index (χ0v) is 20.8. The van der Waals surface area contributed by atoms with E-state index in [1.807, 2.05) is 13.8 Å². The van der Waals surface area contributed by atoms with Crippen LogP contribution in [0.2, 0.25) is 37.3 Å². The quantitative estimate of drug-likeness (QED) is 0.637. The molecule has 0 aliphatic carbocycles. The summed E-state index contributed by atoms with van der Waals surface area (Å²) >= 11 is 0. The monoisotopic (exact) mass is 416 g/mol. The number of amidine groups is 1. The molecule has 0 aromatic carbocycles. The van der Waals surface area contributed by atoms with Crippen molar-refractivity contribution in [1.29, 1.82) is 0 Å². The SMILES string of the molecule is CC(C)[Si](C)(C)OC[C@H]1N=C(N)[C@H]2OC(C)(C)O[C@H]2[C@@H]1O[Si](C)(C)C(C)C. The van der Waals surface area contributed by atoms with Gasteiger partial charge in [-0.1, -0.05) is 27.7 Å². The molecule has 158 valence electrons. The number of rotatable bonds is 7. The van der Waals surface area contributed by atoms with E-state index in [4.69, 9.17) is 29.1 Å². The fraction of sp³-hybridized carbons (Fsp3) is 0.947. The lowest BCUT2D eigenvalue weighted by atomic mass is 9.97. The molecule has 2 rings (SSSR count). The maximum absolute atomic E-state index is 6.74. The Morgan fingerprint density at radius 3 is 2.11 bits per heavy atom. The molecule has 2 aliphatic rings. The van der Waals surface area contributed by atoms with Crippen molar-refractivity contribution in [2.24, 2.45) is 10.7 Å². The highest BCUT2D eigenvalue weighted by atomic mass is 28.4. The third kappa shape index (κ3) is 5.22. The van der Waals surface area contributed by atoms with Gasteiger partial charge < -0.3 is 24.1 Å². The highest BCUT2D eigenvalue weighted by Gasteiger charge is 2.54. The molecule has 0 radical (unpaired) electrons. The summed E-state index contributed by atoms with van der Waals surface area (Å²) in [4.78, 5) is 4.76. The van der Waals surface area contributed by atoms with Crippen molar-refractivity contribution in [3.05, 3.63) is 0 Å². The molecule has 0 aromatic rings. The number of hydrogen-bond donors (Lipinski definition) is 1. The van der Waals surface area contributed by atoms with E-state index in [0.717, 1.165) is 0 Å². The Kier molecular flexibility index (Phi) is 6.71. The molecule has 0 saturated carbocycles. The lowest BCUT2D eigenvalue weighted by Gasteiger charge is -2.41. The molecule has 0 amide bonds. The molecule has 2 heterocycles. The van der Waals surface area contributed by atoms with Gasteiger partial charge in [-0.2, -0.15) is 0 Å². The van der Waals surface area contributed by atoms with Gasteiger partial charge in [-0.3, -0.25) is 4.99 Å². The molecule has 0 spiro atoms. The van der Waals surface area contributed by atoms with Crippen LogP contribution >= 0.6 is 0 Å². The second-order valence-corrected chi connectivity index (χ2v) is 19.3. The zero-order chi connectivity index (χ0) is 20.8. The summed E-state index contributed by atoms with van der Waals surface area (Å²) in [7, 11) is -3.71. The van der Waals surface area contributed by atoms with Crippen LogP contribution in [0.15, 0.2) is 4.99 Å². The van der Waals surface area contributed by atoms with E-state index in [-0.39, 0.29) is 24.4 Å². The maximum atomic E-state index is 6.74. The summed E-state index contributed by atoms with van der Waals surface area (Å²) in [5, 5.41) is 0. The fourth-order valence-electron chi connectivity index (χ4n) is 3.05. The van der Waals surface area contributed by atoms with Gasteiger partial charge in [0.2, 0.25) is 0 Å². The summed E-state index contributed by atoms with van der Waals surface area (Å²) in [6, 6.07) is -0.167. The van der Waals surface area contributed by atoms with Crippen LogP contribution in [-0.2, 0) is 18.3 Å². The Hall–Kier alpha value is -0.256. The maximum Gasteiger partial charge on any atom is 0.189 e. The third-order valence-corrected chi connectivity index (χ3v) is 13.6. The number of ether oxygens (including phenoxy) is 2. The van der Waals surface area contributed by atoms with Crippen LogP contribution in [0.3, 0.4) is 0 Å². The summed E-state index contributed by atoms with van der Waals surface area (Å²) < 4.78 is 25.4. The number of nitrogens with zero attached hydrogens (tertiary/aromatic N) is 1. The topological polar surface area (TPSA) is 75.3 Å². The molecule has 4 atom stereocenters. The van der Waals surface area contributed by atoms with Crippen molar-refractivity contribution in [2.45, 2.75) is 109 Å². The summed E-state index contributed by atoms with van der Waals surface area (Å²) in [5.74, 6) is -0.199. The summed E-state index contributed by atoms with van der Waals surface area (Å²) in [6.07, 6.45) is -0.806. The van der Waals surface area contributed by atoms with E-state index < -0.39 is 22.4 Å². The van der Waals surface area contributed by atoms with Crippen molar-refractivity contribution in [1.82, 2.24) is 0 Å². The number of fused-ring (bicyclic) bond motifs is 1. The molecule has 0 bridgehead atoms. The average molecular weight is 417 g/mol. The first-order chi connectivity index (χ1) is 12.2. The van der Waals surface area contributed by atoms with Crippen molar-refractivity contribution in [2.75, 3.05) is 6.61 Å². The Morgan fingerprint density at radius 1 is 1.04 bits per heavy atom. The predicted octanol–water partition coefficient (Wildman–Crippen LogP) is 3.88. The Bertz CT molecular complexity index is 564. The van der Waals surface area contributed by atoms with E-state index >= 15 is 0 Å². The zero-order valence-electron chi connectivity index (χ0n) is 18.8. The Morgan fingerprint density at radius 2 is 1.59 bits per heavy atom. The first-order valence-electron chi connectivity index (χ1n) is 10.2. The minimum absolute atomic E-state index is 0.167. The predicted molar refractivity (Wildman–Crippen MR) is 115 cm³/mol. The van der Waals surface area contributed by atoms with Gasteiger partial charge in [-0.05, 0) is 51.1 Å². The lowest BCUT2D eigenvalue weighted by Crippen LogP contribution is -2.58. The van der Waals surface area contributed by atoms with Crippen molar-refractivity contribution < 1.29 is 18.3 Å². The van der Waals surface area contributed by atoms with Gasteiger partial charge >= 0.3 is 0 Å². The molecule has 0 unspecified atom stereocenters. The summed E-state index contributed by atoms with van der Waals surface area (Å²) in [6.45, 7) is 22.2. The van der Waals surface area contributed by atoms with Gasteiger partial charge in [-0.15, -0.1) is 0 Å². The van der Waals surface area contributed by atoms with E-state index in [2.05, 4.69) is 53.9 Å². The largest absolute Gasteiger partial charge is 0.415 e. The van der Waals surface area contributed by atoms with Crippen LogP contribution in [0.4, 0.5) is 0 Å². The van der Waals surface area contributed by atoms with E-state index in [0.29, 0.717) is 23.5 Å². The highest BCUT2D eigenvalue weighted by molar-refractivity contribution is 6.72. The standard InChI is InChI=1S/C19H40N2O4Si2/c1-12(2)26(7,8)22-11-14-15(25-27(9,10)13(3)4)16-17(18(20)21-14)24-19(5,6)23-16/h12-17H,11H2,1-10H3,(H2,20,21)/t14-,15-,16+,17+/m1/s1. The van der Waals surface area contributed by atoms with Gasteiger partial charge in [0.25, 0.3) is 0 Å². The molecular formula is C19H40N2O4Si2. The first kappa shape index (κ1) is 23.0. The van der Waals surface area contributed by atoms with Crippen LogP contribution in [0.5, 0.6) is 0 Å². The lowest BCUT2D eigenvalue weighted by molar-refractivity contribution is -0.152. The van der Waals surface area contributed by atoms with E-state index in [1.165, 1.54) is 0 Å². The second-order valence-electron chi connectivity index (χ2n) is 10.1.